The second-order valence-corrected chi connectivity index (χ2v) is 17.1. The van der Waals surface area contributed by atoms with Crippen molar-refractivity contribution in [3.63, 3.8) is 0 Å². The van der Waals surface area contributed by atoms with Crippen LogP contribution < -0.4 is 10.2 Å². The van der Waals surface area contributed by atoms with Gasteiger partial charge >= 0.3 is 7.12 Å². The van der Waals surface area contributed by atoms with Crippen molar-refractivity contribution in [2.24, 2.45) is 0 Å². The normalized spacial score (nSPS) is 11.4. The van der Waals surface area contributed by atoms with E-state index in [1.54, 1.807) is 24.3 Å². The molecule has 0 saturated carbocycles. The first-order valence-electron chi connectivity index (χ1n) is 22.8. The van der Waals surface area contributed by atoms with Crippen LogP contribution in [-0.4, -0.2) is 29.4 Å². The third-order valence-corrected chi connectivity index (χ3v) is 12.8. The van der Waals surface area contributed by atoms with Gasteiger partial charge in [0.1, 0.15) is 29.0 Å². The highest BCUT2D eigenvalue weighted by Gasteiger charge is 2.19. The van der Waals surface area contributed by atoms with Crippen molar-refractivity contribution < 1.29 is 19.9 Å². The van der Waals surface area contributed by atoms with Crippen molar-refractivity contribution in [1.82, 2.24) is 0 Å². The molecule has 3 N–H and O–H groups in total. The molecule has 5 heteroatoms. The molecule has 0 amide bonds. The number of aryl methyl sites for hydroxylation is 1. The van der Waals surface area contributed by atoms with Crippen LogP contribution in [0, 0.1) is 13.0 Å². The van der Waals surface area contributed by atoms with E-state index in [4.69, 9.17) is 14.8 Å². The number of aliphatic hydroxyl groups is 1. The van der Waals surface area contributed by atoms with E-state index in [1.807, 2.05) is 18.2 Å². The molecule has 0 aliphatic heterocycles. The highest BCUT2D eigenvalue weighted by atomic mass is 16.5. The third-order valence-electron chi connectivity index (χ3n) is 12.8. The van der Waals surface area contributed by atoms with Gasteiger partial charge in [-0.25, -0.2) is 0 Å². The Labute approximate surface area is 397 Å². The summed E-state index contributed by atoms with van der Waals surface area (Å²) in [5, 5.41) is 40.0. The summed E-state index contributed by atoms with van der Waals surface area (Å²) in [6, 6.07) is 71.8. The first kappa shape index (κ1) is 43.7. The van der Waals surface area contributed by atoms with Gasteiger partial charge in [-0.2, -0.15) is 0 Å². The van der Waals surface area contributed by atoms with Gasteiger partial charge in [-0.05, 0) is 131 Å². The monoisotopic (exact) mass is 879 g/mol. The largest absolute Gasteiger partial charge is 0.497 e. The molecule has 68 heavy (non-hydrogen) atoms. The standard InChI is InChI=1S/C31H22O.C25H17.C7H9BO3/c32-20-21-7-5-8-22(17-21)23-9-6-10-24(18-23)25-15-16-30-28-13-2-1-11-26(28)27-12-3-4-14-29(27)31(30)19-25;1-17-7-6-8-18(15-17)19-13-14-24-22-11-3-2-9-20(22)21-10-4-5-12-23(21)25(24)16-19;1-11-7-4-2-3-6(5-7)8(9)10/h1-19,32H,20H2;3-16H,1H3;2-5,9-10H,1H3/q;+1;. The predicted molar refractivity (Wildman–Crippen MR) is 287 cm³/mol. The van der Waals surface area contributed by atoms with Gasteiger partial charge < -0.3 is 19.9 Å². The zero-order chi connectivity index (χ0) is 46.6. The van der Waals surface area contributed by atoms with Gasteiger partial charge in [0.05, 0.1) is 19.8 Å². The number of methoxy groups -OCH3 is 1. The lowest BCUT2D eigenvalue weighted by atomic mass is 9.80. The fourth-order valence-corrected chi connectivity index (χ4v) is 9.46. The highest BCUT2D eigenvalue weighted by molar-refractivity contribution is 6.58. The molecule has 11 aromatic carbocycles. The van der Waals surface area contributed by atoms with E-state index >= 15 is 0 Å². The lowest BCUT2D eigenvalue weighted by Gasteiger charge is -2.12. The van der Waals surface area contributed by atoms with Crippen LogP contribution in [-0.2, 0) is 6.61 Å². The van der Waals surface area contributed by atoms with E-state index < -0.39 is 7.12 Å². The minimum Gasteiger partial charge on any atom is -0.497 e. The summed E-state index contributed by atoms with van der Waals surface area (Å²) in [5.41, 5.74) is 12.4. The van der Waals surface area contributed by atoms with E-state index in [2.05, 4.69) is 195 Å². The Morgan fingerprint density at radius 2 is 0.897 bits per heavy atom. The molecule has 0 aromatic heterocycles. The molecule has 0 radical (unpaired) electrons. The summed E-state index contributed by atoms with van der Waals surface area (Å²) < 4.78 is 4.88. The SMILES string of the molecule is COc1cccc(B(O)O)c1.Cc1cccc(-c2ccc3c4c(c5ccccc5c3c2)C=[C+]C=C4)c1.OCc1cccc(-c2cccc(-c3ccc4c5ccccc5c5ccccc5c4c3)c2)c1. The molecule has 0 bridgehead atoms. The Bertz CT molecular complexity index is 3680. The Balaban J connectivity index is 0.000000133. The van der Waals surface area contributed by atoms with Gasteiger partial charge in [0.2, 0.25) is 0 Å². The number of hydrogen-bond acceptors (Lipinski definition) is 4. The molecule has 0 heterocycles. The summed E-state index contributed by atoms with van der Waals surface area (Å²) in [6.07, 6.45) is 9.52. The average molecular weight is 880 g/mol. The second kappa shape index (κ2) is 19.4. The summed E-state index contributed by atoms with van der Waals surface area (Å²) >= 11 is 0. The third kappa shape index (κ3) is 8.79. The number of allylic oxidation sites excluding steroid dienone is 2. The fraction of sp³-hybridized carbons (Fsp3) is 0.0476. The minimum absolute atomic E-state index is 0.0548. The molecule has 0 fully saturated rings. The number of aliphatic hydroxyl groups excluding tert-OH is 1. The quantitative estimate of drug-likeness (QED) is 0.0884. The molecular formula is C63H48BO4+. The number of rotatable bonds is 6. The smallest absolute Gasteiger partial charge is 0.488 e. The van der Waals surface area contributed by atoms with Crippen molar-refractivity contribution in [1.29, 1.82) is 0 Å². The van der Waals surface area contributed by atoms with Crippen molar-refractivity contribution in [2.45, 2.75) is 13.5 Å². The van der Waals surface area contributed by atoms with Crippen molar-refractivity contribution in [3.8, 4) is 39.1 Å². The summed E-state index contributed by atoms with van der Waals surface area (Å²) in [6.45, 7) is 2.20. The van der Waals surface area contributed by atoms with Crippen LogP contribution >= 0.6 is 0 Å². The zero-order valence-electron chi connectivity index (χ0n) is 37.9. The second-order valence-electron chi connectivity index (χ2n) is 17.1. The molecule has 1 aliphatic rings. The molecular weight excluding hydrogens is 832 g/mol. The number of benzene rings is 11. The van der Waals surface area contributed by atoms with Crippen molar-refractivity contribution in [2.75, 3.05) is 7.11 Å². The Hall–Kier alpha value is -8.15. The van der Waals surface area contributed by atoms with Gasteiger partial charge in [-0.15, -0.1) is 0 Å². The average Bonchev–Trinajstić information content (AvgIpc) is 3.41. The lowest BCUT2D eigenvalue weighted by Crippen LogP contribution is -2.29. The van der Waals surface area contributed by atoms with E-state index in [0.29, 0.717) is 11.2 Å². The maximum absolute atomic E-state index is 9.50. The summed E-state index contributed by atoms with van der Waals surface area (Å²) in [4.78, 5) is 0. The maximum Gasteiger partial charge on any atom is 0.488 e. The molecule has 326 valence electrons. The van der Waals surface area contributed by atoms with Gasteiger partial charge in [0, 0.05) is 22.2 Å². The maximum atomic E-state index is 9.50. The predicted octanol–water partition coefficient (Wildman–Crippen LogP) is 14.2. The topological polar surface area (TPSA) is 69.9 Å². The Morgan fingerprint density at radius 3 is 1.50 bits per heavy atom. The van der Waals surface area contributed by atoms with Gasteiger partial charge in [0.25, 0.3) is 0 Å². The molecule has 0 atom stereocenters. The number of fused-ring (bicyclic) bond motifs is 12. The summed E-state index contributed by atoms with van der Waals surface area (Å²) in [7, 11) is 0.105. The van der Waals surface area contributed by atoms with Crippen molar-refractivity contribution in [3.05, 3.63) is 241 Å². The molecule has 12 rings (SSSR count). The van der Waals surface area contributed by atoms with E-state index in [1.165, 1.54) is 99.9 Å². The van der Waals surface area contributed by atoms with E-state index in [0.717, 1.165) is 16.7 Å². The minimum atomic E-state index is -1.43. The van der Waals surface area contributed by atoms with Crippen LogP contribution in [0.2, 0.25) is 0 Å². The fourth-order valence-electron chi connectivity index (χ4n) is 9.46. The Kier molecular flexibility index (Phi) is 12.5. The number of ether oxygens (including phenoxy) is 1. The molecule has 1 aliphatic carbocycles. The van der Waals surface area contributed by atoms with E-state index in [9.17, 15) is 5.11 Å². The van der Waals surface area contributed by atoms with Crippen LogP contribution in [0.4, 0.5) is 0 Å². The lowest BCUT2D eigenvalue weighted by molar-refractivity contribution is 0.282. The first-order chi connectivity index (χ1) is 33.4. The van der Waals surface area contributed by atoms with Crippen molar-refractivity contribution >= 4 is 78.6 Å². The van der Waals surface area contributed by atoms with Crippen LogP contribution in [0.15, 0.2) is 212 Å². The van der Waals surface area contributed by atoms with Gasteiger partial charge in [-0.3, -0.25) is 0 Å². The molecule has 0 spiro atoms. The number of hydrogen-bond donors (Lipinski definition) is 3. The van der Waals surface area contributed by atoms with Crippen LogP contribution in [0.3, 0.4) is 0 Å². The first-order valence-corrected chi connectivity index (χ1v) is 22.8. The Morgan fingerprint density at radius 1 is 0.426 bits per heavy atom. The molecule has 0 unspecified atom stereocenters. The highest BCUT2D eigenvalue weighted by Crippen LogP contribution is 2.39. The molecule has 0 saturated heterocycles. The molecule has 4 nitrogen and oxygen atoms in total. The summed E-state index contributed by atoms with van der Waals surface area (Å²) in [5.74, 6) is 0.621. The van der Waals surface area contributed by atoms with Gasteiger partial charge in [-0.1, -0.05) is 169 Å². The van der Waals surface area contributed by atoms with Crippen LogP contribution in [0.5, 0.6) is 5.75 Å². The van der Waals surface area contributed by atoms with Crippen LogP contribution in [0.1, 0.15) is 22.3 Å². The van der Waals surface area contributed by atoms with Gasteiger partial charge in [0.15, 0.2) is 0 Å². The van der Waals surface area contributed by atoms with E-state index in [-0.39, 0.29) is 6.61 Å². The molecule has 11 aromatic rings. The zero-order valence-corrected chi connectivity index (χ0v) is 37.9. The van der Waals surface area contributed by atoms with Crippen LogP contribution in [0.25, 0.3) is 99.4 Å².